The molecule has 2 heteroatoms. The Bertz CT molecular complexity index is 302. The molecule has 0 saturated carbocycles. The van der Waals surface area contributed by atoms with Crippen molar-refractivity contribution in [1.29, 1.82) is 0 Å². The number of allylic oxidation sites excluding steroid dienone is 1. The van der Waals surface area contributed by atoms with E-state index in [9.17, 15) is 0 Å². The Morgan fingerprint density at radius 3 is 3.00 bits per heavy atom. The number of aryl methyl sites for hydroxylation is 1. The molecule has 1 aromatic rings. The van der Waals surface area contributed by atoms with Gasteiger partial charge in [-0.3, -0.25) is 4.98 Å². The van der Waals surface area contributed by atoms with Gasteiger partial charge in [-0.15, -0.1) is 11.8 Å². The standard InChI is InChI=1S/C11H13NS/c1-2-9-3-4-11(12-7-9)10-5-6-13-8-10/h3-7,10H,2,8H2,1H3. The van der Waals surface area contributed by atoms with Crippen molar-refractivity contribution in [2.75, 3.05) is 5.75 Å². The van der Waals surface area contributed by atoms with Gasteiger partial charge < -0.3 is 0 Å². The molecule has 0 N–H and O–H groups in total. The third kappa shape index (κ3) is 1.94. The first-order valence-electron chi connectivity index (χ1n) is 4.63. The molecule has 0 spiro atoms. The summed E-state index contributed by atoms with van der Waals surface area (Å²) in [5, 5.41) is 2.17. The molecule has 2 rings (SSSR count). The second-order valence-electron chi connectivity index (χ2n) is 3.21. The van der Waals surface area contributed by atoms with Gasteiger partial charge in [0.1, 0.15) is 0 Å². The van der Waals surface area contributed by atoms with E-state index in [0.717, 1.165) is 12.2 Å². The van der Waals surface area contributed by atoms with Crippen molar-refractivity contribution in [2.45, 2.75) is 19.3 Å². The van der Waals surface area contributed by atoms with Crippen LogP contribution in [-0.4, -0.2) is 10.7 Å². The van der Waals surface area contributed by atoms with Crippen molar-refractivity contribution in [1.82, 2.24) is 4.98 Å². The van der Waals surface area contributed by atoms with Gasteiger partial charge >= 0.3 is 0 Å². The van der Waals surface area contributed by atoms with E-state index in [2.05, 4.69) is 35.5 Å². The number of hydrogen-bond donors (Lipinski definition) is 0. The van der Waals surface area contributed by atoms with Gasteiger partial charge in [-0.2, -0.15) is 0 Å². The second-order valence-corrected chi connectivity index (χ2v) is 4.15. The zero-order valence-electron chi connectivity index (χ0n) is 7.73. The minimum atomic E-state index is 0.538. The average Bonchev–Trinajstić information content (AvgIpc) is 2.71. The first-order valence-corrected chi connectivity index (χ1v) is 5.68. The lowest BCUT2D eigenvalue weighted by molar-refractivity contribution is 0.920. The highest BCUT2D eigenvalue weighted by Gasteiger charge is 2.12. The van der Waals surface area contributed by atoms with E-state index in [1.165, 1.54) is 11.3 Å². The van der Waals surface area contributed by atoms with Crippen molar-refractivity contribution in [2.24, 2.45) is 0 Å². The first kappa shape index (κ1) is 8.82. The highest BCUT2D eigenvalue weighted by atomic mass is 32.2. The molecule has 1 unspecified atom stereocenters. The van der Waals surface area contributed by atoms with E-state index in [-0.39, 0.29) is 0 Å². The highest BCUT2D eigenvalue weighted by molar-refractivity contribution is 8.02. The van der Waals surface area contributed by atoms with Gasteiger partial charge in [0.05, 0.1) is 0 Å². The third-order valence-corrected chi connectivity index (χ3v) is 3.22. The van der Waals surface area contributed by atoms with Gasteiger partial charge in [0, 0.05) is 23.6 Å². The Morgan fingerprint density at radius 1 is 1.54 bits per heavy atom. The van der Waals surface area contributed by atoms with Crippen LogP contribution in [-0.2, 0) is 6.42 Å². The molecule has 0 bridgehead atoms. The van der Waals surface area contributed by atoms with Crippen LogP contribution >= 0.6 is 11.8 Å². The number of aromatic nitrogens is 1. The maximum absolute atomic E-state index is 4.47. The fourth-order valence-electron chi connectivity index (χ4n) is 1.41. The van der Waals surface area contributed by atoms with Crippen molar-refractivity contribution >= 4 is 11.8 Å². The van der Waals surface area contributed by atoms with E-state index in [4.69, 9.17) is 0 Å². The van der Waals surface area contributed by atoms with Crippen LogP contribution in [0.1, 0.15) is 24.1 Å². The molecule has 13 heavy (non-hydrogen) atoms. The topological polar surface area (TPSA) is 12.9 Å². The molecule has 2 heterocycles. The lowest BCUT2D eigenvalue weighted by Gasteiger charge is -2.06. The lowest BCUT2D eigenvalue weighted by Crippen LogP contribution is -1.98. The molecule has 1 aromatic heterocycles. The summed E-state index contributed by atoms with van der Waals surface area (Å²) in [4.78, 5) is 4.47. The molecule has 0 saturated heterocycles. The monoisotopic (exact) mass is 191 g/mol. The summed E-state index contributed by atoms with van der Waals surface area (Å²) in [7, 11) is 0. The molecule has 1 aliphatic heterocycles. The molecular formula is C11H13NS. The molecule has 1 atom stereocenters. The second kappa shape index (κ2) is 3.97. The van der Waals surface area contributed by atoms with Crippen molar-refractivity contribution in [3.63, 3.8) is 0 Å². The van der Waals surface area contributed by atoms with E-state index >= 15 is 0 Å². The van der Waals surface area contributed by atoms with Gasteiger partial charge in [0.25, 0.3) is 0 Å². The first-order chi connectivity index (χ1) is 6.40. The number of nitrogens with zero attached hydrogens (tertiary/aromatic N) is 1. The largest absolute Gasteiger partial charge is 0.260 e. The number of thioether (sulfide) groups is 1. The van der Waals surface area contributed by atoms with Crippen molar-refractivity contribution in [3.05, 3.63) is 41.1 Å². The quantitative estimate of drug-likeness (QED) is 0.712. The Morgan fingerprint density at radius 2 is 2.46 bits per heavy atom. The molecule has 0 amide bonds. The van der Waals surface area contributed by atoms with Crippen LogP contribution in [0.5, 0.6) is 0 Å². The van der Waals surface area contributed by atoms with Crippen LogP contribution < -0.4 is 0 Å². The summed E-state index contributed by atoms with van der Waals surface area (Å²) < 4.78 is 0. The number of pyridine rings is 1. The number of rotatable bonds is 2. The average molecular weight is 191 g/mol. The molecule has 68 valence electrons. The van der Waals surface area contributed by atoms with Crippen LogP contribution in [0.25, 0.3) is 0 Å². The van der Waals surface area contributed by atoms with Gasteiger partial charge in [-0.05, 0) is 23.5 Å². The minimum absolute atomic E-state index is 0.538. The molecule has 0 fully saturated rings. The molecular weight excluding hydrogens is 178 g/mol. The zero-order chi connectivity index (χ0) is 9.10. The van der Waals surface area contributed by atoms with Gasteiger partial charge in [0.2, 0.25) is 0 Å². The summed E-state index contributed by atoms with van der Waals surface area (Å²) >= 11 is 1.87. The molecule has 0 aliphatic carbocycles. The Balaban J connectivity index is 2.17. The molecule has 0 radical (unpaired) electrons. The summed E-state index contributed by atoms with van der Waals surface area (Å²) in [6, 6.07) is 4.33. The van der Waals surface area contributed by atoms with Gasteiger partial charge in [0.15, 0.2) is 0 Å². The van der Waals surface area contributed by atoms with Crippen LogP contribution in [0.4, 0.5) is 0 Å². The molecule has 1 nitrogen and oxygen atoms in total. The Hall–Kier alpha value is -0.760. The Kier molecular flexibility index (Phi) is 2.69. The smallest absolute Gasteiger partial charge is 0.0481 e. The fraction of sp³-hybridized carbons (Fsp3) is 0.364. The minimum Gasteiger partial charge on any atom is -0.260 e. The summed E-state index contributed by atoms with van der Waals surface area (Å²) in [5.41, 5.74) is 2.52. The van der Waals surface area contributed by atoms with Crippen LogP contribution in [0.15, 0.2) is 29.8 Å². The van der Waals surface area contributed by atoms with Gasteiger partial charge in [-0.25, -0.2) is 0 Å². The van der Waals surface area contributed by atoms with Crippen molar-refractivity contribution in [3.8, 4) is 0 Å². The van der Waals surface area contributed by atoms with Gasteiger partial charge in [-0.1, -0.05) is 19.1 Å². The third-order valence-electron chi connectivity index (χ3n) is 2.32. The Labute approximate surface area is 83.3 Å². The molecule has 1 aliphatic rings. The predicted octanol–water partition coefficient (Wildman–Crippen LogP) is 2.99. The predicted molar refractivity (Wildman–Crippen MR) is 58.0 cm³/mol. The van der Waals surface area contributed by atoms with E-state index in [1.807, 2.05) is 18.0 Å². The van der Waals surface area contributed by atoms with E-state index in [0.29, 0.717) is 5.92 Å². The van der Waals surface area contributed by atoms with E-state index < -0.39 is 0 Å². The van der Waals surface area contributed by atoms with Crippen LogP contribution in [0.2, 0.25) is 0 Å². The highest BCUT2D eigenvalue weighted by Crippen LogP contribution is 2.28. The van der Waals surface area contributed by atoms with Crippen LogP contribution in [0.3, 0.4) is 0 Å². The lowest BCUT2D eigenvalue weighted by atomic mass is 10.1. The summed E-state index contributed by atoms with van der Waals surface area (Å²) in [6.07, 6.45) is 5.30. The number of hydrogen-bond acceptors (Lipinski definition) is 2. The SMILES string of the molecule is CCc1ccc(C2C=CSC2)nc1. The fourth-order valence-corrected chi connectivity index (χ4v) is 2.31. The molecule has 0 aromatic carbocycles. The zero-order valence-corrected chi connectivity index (χ0v) is 8.55. The van der Waals surface area contributed by atoms with E-state index in [1.54, 1.807) is 0 Å². The van der Waals surface area contributed by atoms with Crippen LogP contribution in [0, 0.1) is 0 Å². The maximum atomic E-state index is 4.47. The summed E-state index contributed by atoms with van der Waals surface area (Å²) in [5.74, 6) is 1.69. The summed E-state index contributed by atoms with van der Waals surface area (Å²) in [6.45, 7) is 2.15. The maximum Gasteiger partial charge on any atom is 0.0481 e. The van der Waals surface area contributed by atoms with Crippen molar-refractivity contribution < 1.29 is 0 Å². The normalized spacial score (nSPS) is 20.8.